The molecule has 1 aromatic rings. The molecule has 4 heteroatoms. The van der Waals surface area contributed by atoms with Crippen LogP contribution in [0.2, 0.25) is 0 Å². The van der Waals surface area contributed by atoms with Gasteiger partial charge in [0.15, 0.2) is 9.84 Å². The zero-order valence-corrected chi connectivity index (χ0v) is 9.92. The van der Waals surface area contributed by atoms with Crippen molar-refractivity contribution < 1.29 is 8.42 Å². The molecule has 0 aromatic heterocycles. The highest BCUT2D eigenvalue weighted by atomic mass is 32.2. The standard InChI is InChI=1S/C11H17NO2S/c1-9(2)6-7-15(13,14)11-5-3-4-10(12)8-11/h3-5,8-9H,6-7,12H2,1-2H3. The Morgan fingerprint density at radius 3 is 2.53 bits per heavy atom. The van der Waals surface area contributed by atoms with Crippen LogP contribution in [0.15, 0.2) is 29.2 Å². The fraction of sp³-hybridized carbons (Fsp3) is 0.455. The van der Waals surface area contributed by atoms with Crippen molar-refractivity contribution >= 4 is 15.5 Å². The van der Waals surface area contributed by atoms with E-state index < -0.39 is 9.84 Å². The van der Waals surface area contributed by atoms with Gasteiger partial charge in [0.1, 0.15) is 0 Å². The number of anilines is 1. The molecule has 1 aromatic carbocycles. The number of hydrogen-bond donors (Lipinski definition) is 1. The van der Waals surface area contributed by atoms with Crippen molar-refractivity contribution in [2.75, 3.05) is 11.5 Å². The van der Waals surface area contributed by atoms with Gasteiger partial charge in [0.25, 0.3) is 0 Å². The Kier molecular flexibility index (Phi) is 3.74. The van der Waals surface area contributed by atoms with Gasteiger partial charge in [0.2, 0.25) is 0 Å². The van der Waals surface area contributed by atoms with Gasteiger partial charge in [-0.2, -0.15) is 0 Å². The molecule has 1 rings (SSSR count). The quantitative estimate of drug-likeness (QED) is 0.801. The molecule has 0 fully saturated rings. The first-order valence-corrected chi connectivity index (χ1v) is 6.65. The Morgan fingerprint density at radius 1 is 1.33 bits per heavy atom. The number of sulfone groups is 1. The van der Waals surface area contributed by atoms with Gasteiger partial charge in [0, 0.05) is 5.69 Å². The van der Waals surface area contributed by atoms with Crippen LogP contribution in [0.1, 0.15) is 20.3 Å². The summed E-state index contributed by atoms with van der Waals surface area (Å²) in [4.78, 5) is 0.322. The predicted octanol–water partition coefficient (Wildman–Crippen LogP) is 2.09. The SMILES string of the molecule is CC(C)CCS(=O)(=O)c1cccc(N)c1. The van der Waals surface area contributed by atoms with Crippen LogP contribution >= 0.6 is 0 Å². The Morgan fingerprint density at radius 2 is 2.00 bits per heavy atom. The molecule has 0 saturated carbocycles. The summed E-state index contributed by atoms with van der Waals surface area (Å²) in [5, 5.41) is 0. The summed E-state index contributed by atoms with van der Waals surface area (Å²) < 4.78 is 23.7. The molecule has 0 atom stereocenters. The Labute approximate surface area is 91.2 Å². The lowest BCUT2D eigenvalue weighted by Crippen LogP contribution is -2.09. The number of nitrogen functional groups attached to an aromatic ring is 1. The van der Waals surface area contributed by atoms with Gasteiger partial charge in [-0.15, -0.1) is 0 Å². The molecule has 3 nitrogen and oxygen atoms in total. The van der Waals surface area contributed by atoms with E-state index in [1.807, 2.05) is 13.8 Å². The molecule has 0 radical (unpaired) electrons. The van der Waals surface area contributed by atoms with Crippen molar-refractivity contribution in [3.05, 3.63) is 24.3 Å². The van der Waals surface area contributed by atoms with E-state index in [1.165, 1.54) is 6.07 Å². The number of hydrogen-bond acceptors (Lipinski definition) is 3. The zero-order chi connectivity index (χ0) is 11.5. The van der Waals surface area contributed by atoms with E-state index in [-0.39, 0.29) is 5.75 Å². The smallest absolute Gasteiger partial charge is 0.178 e. The summed E-state index contributed by atoms with van der Waals surface area (Å²) in [5.41, 5.74) is 6.03. The summed E-state index contributed by atoms with van der Waals surface area (Å²) >= 11 is 0. The van der Waals surface area contributed by atoms with E-state index in [4.69, 9.17) is 5.73 Å². The molecule has 2 N–H and O–H groups in total. The fourth-order valence-corrected chi connectivity index (χ4v) is 2.84. The highest BCUT2D eigenvalue weighted by Gasteiger charge is 2.14. The maximum atomic E-state index is 11.8. The van der Waals surface area contributed by atoms with Crippen LogP contribution in [0.25, 0.3) is 0 Å². The molecule has 0 bridgehead atoms. The molecule has 0 unspecified atom stereocenters. The van der Waals surface area contributed by atoms with Crippen molar-refractivity contribution in [3.63, 3.8) is 0 Å². The van der Waals surface area contributed by atoms with Gasteiger partial charge in [-0.05, 0) is 30.5 Å². The Balaban J connectivity index is 2.87. The van der Waals surface area contributed by atoms with E-state index >= 15 is 0 Å². The van der Waals surface area contributed by atoms with Gasteiger partial charge < -0.3 is 5.73 Å². The van der Waals surface area contributed by atoms with E-state index in [0.29, 0.717) is 22.9 Å². The van der Waals surface area contributed by atoms with Gasteiger partial charge in [-0.3, -0.25) is 0 Å². The van der Waals surface area contributed by atoms with E-state index in [0.717, 1.165) is 0 Å². The van der Waals surface area contributed by atoms with Crippen LogP contribution in [-0.4, -0.2) is 14.2 Å². The van der Waals surface area contributed by atoms with E-state index in [2.05, 4.69) is 0 Å². The molecule has 0 saturated heterocycles. The van der Waals surface area contributed by atoms with Crippen molar-refractivity contribution in [1.82, 2.24) is 0 Å². The van der Waals surface area contributed by atoms with Crippen molar-refractivity contribution in [1.29, 1.82) is 0 Å². The molecular formula is C11H17NO2S. The van der Waals surface area contributed by atoms with Crippen LogP contribution in [0.5, 0.6) is 0 Å². The second-order valence-electron chi connectivity index (χ2n) is 4.07. The van der Waals surface area contributed by atoms with Crippen LogP contribution in [0, 0.1) is 5.92 Å². The summed E-state index contributed by atoms with van der Waals surface area (Å²) in [5.74, 6) is 0.578. The van der Waals surface area contributed by atoms with Crippen LogP contribution in [-0.2, 0) is 9.84 Å². The predicted molar refractivity (Wildman–Crippen MR) is 62.4 cm³/mol. The second-order valence-corrected chi connectivity index (χ2v) is 6.18. The highest BCUT2D eigenvalue weighted by Crippen LogP contribution is 2.16. The normalized spacial score (nSPS) is 11.9. The highest BCUT2D eigenvalue weighted by molar-refractivity contribution is 7.91. The molecule has 0 heterocycles. The molecule has 0 aliphatic carbocycles. The first-order valence-electron chi connectivity index (χ1n) is 5.00. The Hall–Kier alpha value is -1.03. The molecule has 0 amide bonds. The fourth-order valence-electron chi connectivity index (χ4n) is 1.22. The molecule has 0 aliphatic rings. The van der Waals surface area contributed by atoms with Crippen LogP contribution in [0.4, 0.5) is 5.69 Å². The summed E-state index contributed by atoms with van der Waals surface area (Å²) in [6.45, 7) is 4.02. The lowest BCUT2D eigenvalue weighted by molar-refractivity contribution is 0.574. The minimum atomic E-state index is -3.16. The van der Waals surface area contributed by atoms with Crippen LogP contribution in [0.3, 0.4) is 0 Å². The summed E-state index contributed by atoms with van der Waals surface area (Å²) in [6, 6.07) is 6.45. The minimum Gasteiger partial charge on any atom is -0.399 e. The van der Waals surface area contributed by atoms with Crippen molar-refractivity contribution in [2.45, 2.75) is 25.2 Å². The molecular weight excluding hydrogens is 210 g/mol. The maximum Gasteiger partial charge on any atom is 0.178 e. The topological polar surface area (TPSA) is 60.2 Å². The molecule has 0 spiro atoms. The number of benzene rings is 1. The number of nitrogens with two attached hydrogens (primary N) is 1. The summed E-state index contributed by atoms with van der Waals surface area (Å²) in [6.07, 6.45) is 0.678. The zero-order valence-electron chi connectivity index (χ0n) is 9.10. The molecule has 0 aliphatic heterocycles. The second kappa shape index (κ2) is 4.66. The lowest BCUT2D eigenvalue weighted by atomic mass is 10.2. The van der Waals surface area contributed by atoms with Crippen LogP contribution < -0.4 is 5.73 Å². The van der Waals surface area contributed by atoms with E-state index in [1.54, 1.807) is 18.2 Å². The number of rotatable bonds is 4. The van der Waals surface area contributed by atoms with Crippen molar-refractivity contribution in [2.24, 2.45) is 5.92 Å². The Bertz CT molecular complexity index is 424. The monoisotopic (exact) mass is 227 g/mol. The van der Waals surface area contributed by atoms with E-state index in [9.17, 15) is 8.42 Å². The largest absolute Gasteiger partial charge is 0.399 e. The lowest BCUT2D eigenvalue weighted by Gasteiger charge is -2.06. The molecule has 15 heavy (non-hydrogen) atoms. The van der Waals surface area contributed by atoms with Gasteiger partial charge in [-0.25, -0.2) is 8.42 Å². The average Bonchev–Trinajstić information content (AvgIpc) is 2.15. The van der Waals surface area contributed by atoms with Gasteiger partial charge >= 0.3 is 0 Å². The first kappa shape index (κ1) is 12.0. The van der Waals surface area contributed by atoms with Crippen molar-refractivity contribution in [3.8, 4) is 0 Å². The van der Waals surface area contributed by atoms with Gasteiger partial charge in [0.05, 0.1) is 10.6 Å². The third-order valence-corrected chi connectivity index (χ3v) is 3.93. The third kappa shape index (κ3) is 3.55. The third-order valence-electron chi connectivity index (χ3n) is 2.18. The molecule has 84 valence electrons. The maximum absolute atomic E-state index is 11.8. The summed E-state index contributed by atoms with van der Waals surface area (Å²) in [7, 11) is -3.16. The minimum absolute atomic E-state index is 0.189. The van der Waals surface area contributed by atoms with Gasteiger partial charge in [-0.1, -0.05) is 19.9 Å². The average molecular weight is 227 g/mol. The first-order chi connectivity index (χ1) is 6.92.